The summed E-state index contributed by atoms with van der Waals surface area (Å²) < 4.78 is 5.48. The van der Waals surface area contributed by atoms with Crippen LogP contribution in [0, 0.1) is 0 Å². The van der Waals surface area contributed by atoms with E-state index in [1.165, 1.54) is 24.0 Å². The fraction of sp³-hybridized carbons (Fsp3) is 0.611. The lowest BCUT2D eigenvalue weighted by molar-refractivity contribution is 0.0195. The normalized spacial score (nSPS) is 22.5. The molecular weight excluding hydrogens is 276 g/mol. The zero-order valence-corrected chi connectivity index (χ0v) is 13.8. The Balaban J connectivity index is 1.63. The van der Waals surface area contributed by atoms with Crippen LogP contribution in [0.15, 0.2) is 24.3 Å². The lowest BCUT2D eigenvalue weighted by Crippen LogP contribution is -2.49. The number of nitrogens with one attached hydrogen (secondary N) is 1. The molecule has 1 aliphatic carbocycles. The van der Waals surface area contributed by atoms with Crippen molar-refractivity contribution < 1.29 is 9.53 Å². The lowest BCUT2D eigenvalue weighted by atomic mass is 10.0. The lowest BCUT2D eigenvalue weighted by Gasteiger charge is -2.35. The number of piperazine rings is 1. The van der Waals surface area contributed by atoms with Crippen LogP contribution in [0.25, 0.3) is 0 Å². The Morgan fingerprint density at radius 1 is 1.18 bits per heavy atom. The van der Waals surface area contributed by atoms with Crippen LogP contribution in [0.2, 0.25) is 0 Å². The first kappa shape index (κ1) is 15.3. The van der Waals surface area contributed by atoms with Gasteiger partial charge in [0.1, 0.15) is 5.60 Å². The molecule has 120 valence electrons. The molecule has 2 aliphatic rings. The summed E-state index contributed by atoms with van der Waals surface area (Å²) in [5.41, 5.74) is 2.25. The molecule has 1 saturated heterocycles. The van der Waals surface area contributed by atoms with Gasteiger partial charge in [-0.25, -0.2) is 4.79 Å². The molecule has 0 aromatic heterocycles. The van der Waals surface area contributed by atoms with Crippen LogP contribution in [-0.4, -0.2) is 36.2 Å². The van der Waals surface area contributed by atoms with Crippen LogP contribution < -0.4 is 5.32 Å². The number of hydrogen-bond acceptors (Lipinski definition) is 3. The summed E-state index contributed by atoms with van der Waals surface area (Å²) in [6.45, 7) is 7.88. The predicted molar refractivity (Wildman–Crippen MR) is 87.0 cm³/mol. The fourth-order valence-electron chi connectivity index (χ4n) is 2.88. The topological polar surface area (TPSA) is 41.6 Å². The highest BCUT2D eigenvalue weighted by molar-refractivity contribution is 5.68. The van der Waals surface area contributed by atoms with E-state index in [0.717, 1.165) is 12.5 Å². The molecule has 1 aliphatic heterocycles. The third kappa shape index (κ3) is 3.80. The minimum absolute atomic E-state index is 0.189. The van der Waals surface area contributed by atoms with Crippen LogP contribution in [0.4, 0.5) is 4.79 Å². The maximum Gasteiger partial charge on any atom is 0.410 e. The van der Waals surface area contributed by atoms with Crippen molar-refractivity contribution in [3.05, 3.63) is 35.4 Å². The molecule has 3 rings (SSSR count). The Bertz CT molecular complexity index is 529. The van der Waals surface area contributed by atoms with E-state index in [2.05, 4.69) is 29.6 Å². The molecule has 4 nitrogen and oxygen atoms in total. The average Bonchev–Trinajstić information content (AvgIpc) is 3.30. The molecule has 1 unspecified atom stereocenters. The summed E-state index contributed by atoms with van der Waals surface area (Å²) in [7, 11) is 0. The number of hydrogen-bond donors (Lipinski definition) is 1. The Labute approximate surface area is 132 Å². The minimum Gasteiger partial charge on any atom is -0.444 e. The highest BCUT2D eigenvalue weighted by atomic mass is 16.6. The maximum absolute atomic E-state index is 12.2. The van der Waals surface area contributed by atoms with Gasteiger partial charge in [-0.1, -0.05) is 24.3 Å². The highest BCUT2D eigenvalue weighted by Crippen LogP contribution is 2.40. The van der Waals surface area contributed by atoms with Crippen molar-refractivity contribution in [2.45, 2.75) is 51.2 Å². The third-order valence-electron chi connectivity index (χ3n) is 4.21. The molecular formula is C18H26N2O2. The summed E-state index contributed by atoms with van der Waals surface area (Å²) in [6, 6.07) is 9.06. The van der Waals surface area contributed by atoms with Crippen molar-refractivity contribution in [1.82, 2.24) is 10.2 Å². The molecule has 4 heteroatoms. The van der Waals surface area contributed by atoms with E-state index in [4.69, 9.17) is 4.74 Å². The molecule has 1 saturated carbocycles. The van der Waals surface area contributed by atoms with Gasteiger partial charge in [-0.3, -0.25) is 0 Å². The second-order valence-electron chi connectivity index (χ2n) is 7.37. The maximum atomic E-state index is 12.2. The average molecular weight is 302 g/mol. The van der Waals surface area contributed by atoms with Gasteiger partial charge in [0.25, 0.3) is 0 Å². The van der Waals surface area contributed by atoms with Crippen LogP contribution in [0.5, 0.6) is 0 Å². The van der Waals surface area contributed by atoms with E-state index in [-0.39, 0.29) is 12.1 Å². The first-order valence-corrected chi connectivity index (χ1v) is 8.23. The second kappa shape index (κ2) is 5.92. The van der Waals surface area contributed by atoms with Crippen molar-refractivity contribution in [3.8, 4) is 0 Å². The summed E-state index contributed by atoms with van der Waals surface area (Å²) in [6.07, 6.45) is 2.44. The smallest absolute Gasteiger partial charge is 0.410 e. The van der Waals surface area contributed by atoms with Gasteiger partial charge in [0.2, 0.25) is 0 Å². The Morgan fingerprint density at radius 2 is 1.82 bits per heavy atom. The predicted octanol–water partition coefficient (Wildman–Crippen LogP) is 3.45. The number of amides is 1. The molecule has 1 aromatic carbocycles. The van der Waals surface area contributed by atoms with Crippen LogP contribution in [0.1, 0.15) is 56.7 Å². The van der Waals surface area contributed by atoms with E-state index in [9.17, 15) is 4.79 Å². The van der Waals surface area contributed by atoms with Crippen molar-refractivity contribution >= 4 is 6.09 Å². The quantitative estimate of drug-likeness (QED) is 0.910. The summed E-state index contributed by atoms with van der Waals surface area (Å²) >= 11 is 0. The van der Waals surface area contributed by atoms with Crippen molar-refractivity contribution in [1.29, 1.82) is 0 Å². The first-order valence-electron chi connectivity index (χ1n) is 8.23. The molecule has 2 fully saturated rings. The van der Waals surface area contributed by atoms with Crippen molar-refractivity contribution in [3.63, 3.8) is 0 Å². The molecule has 1 N–H and O–H groups in total. The van der Waals surface area contributed by atoms with Gasteiger partial charge < -0.3 is 15.0 Å². The zero-order valence-electron chi connectivity index (χ0n) is 13.8. The fourth-order valence-corrected chi connectivity index (χ4v) is 2.88. The molecule has 1 aromatic rings. The number of nitrogens with zero attached hydrogens (tertiary/aromatic N) is 1. The Morgan fingerprint density at radius 3 is 2.41 bits per heavy atom. The number of carbonyl (C=O) groups excluding carboxylic acids is 1. The van der Waals surface area contributed by atoms with Crippen LogP contribution in [-0.2, 0) is 4.74 Å². The van der Waals surface area contributed by atoms with Gasteiger partial charge in [-0.05, 0) is 50.7 Å². The van der Waals surface area contributed by atoms with Crippen molar-refractivity contribution in [2.75, 3.05) is 19.6 Å². The monoisotopic (exact) mass is 302 g/mol. The van der Waals surface area contributed by atoms with Crippen LogP contribution in [0.3, 0.4) is 0 Å². The van der Waals surface area contributed by atoms with Gasteiger partial charge in [0, 0.05) is 19.6 Å². The molecule has 0 bridgehead atoms. The SMILES string of the molecule is CC(C)(C)OC(=O)N1CCNC(c2ccc(C3CC3)cc2)C1. The van der Waals surface area contributed by atoms with E-state index >= 15 is 0 Å². The number of rotatable bonds is 2. The summed E-state index contributed by atoms with van der Waals surface area (Å²) in [5.74, 6) is 0.784. The van der Waals surface area contributed by atoms with E-state index in [1.54, 1.807) is 4.90 Å². The van der Waals surface area contributed by atoms with Gasteiger partial charge in [0.15, 0.2) is 0 Å². The molecule has 0 radical (unpaired) electrons. The highest BCUT2D eigenvalue weighted by Gasteiger charge is 2.28. The molecule has 1 amide bonds. The zero-order chi connectivity index (χ0) is 15.7. The molecule has 1 heterocycles. The Hall–Kier alpha value is -1.55. The Kier molecular flexibility index (Phi) is 4.13. The first-order chi connectivity index (χ1) is 10.4. The van der Waals surface area contributed by atoms with Crippen molar-refractivity contribution in [2.24, 2.45) is 0 Å². The van der Waals surface area contributed by atoms with E-state index in [0.29, 0.717) is 13.1 Å². The number of ether oxygens (including phenoxy) is 1. The minimum atomic E-state index is -0.441. The van der Waals surface area contributed by atoms with Gasteiger partial charge in [-0.15, -0.1) is 0 Å². The molecule has 1 atom stereocenters. The number of carbonyl (C=O) groups is 1. The second-order valence-corrected chi connectivity index (χ2v) is 7.37. The van der Waals surface area contributed by atoms with Crippen LogP contribution >= 0.6 is 0 Å². The summed E-state index contributed by atoms with van der Waals surface area (Å²) in [5, 5.41) is 3.50. The standard InChI is InChI=1S/C18H26N2O2/c1-18(2,3)22-17(21)20-11-10-19-16(12-20)15-8-6-14(7-9-15)13-4-5-13/h6-9,13,16,19H,4-5,10-12H2,1-3H3. The van der Waals surface area contributed by atoms with Gasteiger partial charge in [0.05, 0.1) is 6.04 Å². The summed E-state index contributed by atoms with van der Waals surface area (Å²) in [4.78, 5) is 14.0. The number of benzene rings is 1. The third-order valence-corrected chi connectivity index (χ3v) is 4.21. The largest absolute Gasteiger partial charge is 0.444 e. The van der Waals surface area contributed by atoms with Gasteiger partial charge >= 0.3 is 6.09 Å². The van der Waals surface area contributed by atoms with E-state index in [1.807, 2.05) is 20.8 Å². The van der Waals surface area contributed by atoms with E-state index < -0.39 is 5.60 Å². The molecule has 0 spiro atoms. The molecule has 22 heavy (non-hydrogen) atoms. The van der Waals surface area contributed by atoms with Gasteiger partial charge in [-0.2, -0.15) is 0 Å².